The van der Waals surface area contributed by atoms with Gasteiger partial charge in [0.1, 0.15) is 0 Å². The van der Waals surface area contributed by atoms with E-state index < -0.39 is 0 Å². The van der Waals surface area contributed by atoms with Crippen LogP contribution in [0.25, 0.3) is 11.6 Å². The summed E-state index contributed by atoms with van der Waals surface area (Å²) in [5.74, 6) is 0. The Kier molecular flexibility index (Phi) is 4.50. The van der Waals surface area contributed by atoms with Crippen molar-refractivity contribution in [3.8, 4) is 0 Å². The van der Waals surface area contributed by atoms with Crippen molar-refractivity contribution >= 4 is 11.6 Å². The normalized spacial score (nSPS) is 12.7. The SMILES string of the molecule is Cc1c(C)c(C)c2c(c1C)[CH]C(c1ccccc1)=C2.[Zr]. The summed E-state index contributed by atoms with van der Waals surface area (Å²) >= 11 is 0. The molecule has 1 aliphatic carbocycles. The maximum atomic E-state index is 2.33. The van der Waals surface area contributed by atoms with Crippen LogP contribution in [-0.2, 0) is 26.2 Å². The van der Waals surface area contributed by atoms with Gasteiger partial charge in [0.2, 0.25) is 0 Å². The third kappa shape index (κ3) is 2.37. The molecule has 3 rings (SSSR count). The van der Waals surface area contributed by atoms with Gasteiger partial charge in [-0.1, -0.05) is 30.3 Å². The minimum Gasteiger partial charge on any atom is -0.0622 e. The molecule has 0 spiro atoms. The molecule has 0 bridgehead atoms. The van der Waals surface area contributed by atoms with E-state index in [0.29, 0.717) is 0 Å². The van der Waals surface area contributed by atoms with Crippen LogP contribution in [0.1, 0.15) is 38.9 Å². The zero-order valence-electron chi connectivity index (χ0n) is 12.5. The Morgan fingerprint density at radius 2 is 1.20 bits per heavy atom. The summed E-state index contributed by atoms with van der Waals surface area (Å²) in [4.78, 5) is 0. The number of hydrogen-bond donors (Lipinski definition) is 0. The molecule has 20 heavy (non-hydrogen) atoms. The van der Waals surface area contributed by atoms with Crippen molar-refractivity contribution in [2.24, 2.45) is 0 Å². The number of hydrogen-bond acceptors (Lipinski definition) is 0. The smallest absolute Gasteiger partial charge is 0.0214 e. The van der Waals surface area contributed by atoms with E-state index in [1.54, 1.807) is 0 Å². The summed E-state index contributed by atoms with van der Waals surface area (Å²) in [6.07, 6.45) is 4.67. The molecule has 0 atom stereocenters. The first kappa shape index (κ1) is 15.5. The van der Waals surface area contributed by atoms with E-state index in [4.69, 9.17) is 0 Å². The van der Waals surface area contributed by atoms with E-state index in [-0.39, 0.29) is 26.2 Å². The first-order valence-corrected chi connectivity index (χ1v) is 6.82. The second kappa shape index (κ2) is 5.82. The second-order valence-electron chi connectivity index (χ2n) is 5.44. The fourth-order valence-corrected chi connectivity index (χ4v) is 2.89. The summed E-state index contributed by atoms with van der Waals surface area (Å²) in [6, 6.07) is 10.6. The topological polar surface area (TPSA) is 0 Å². The van der Waals surface area contributed by atoms with E-state index in [2.05, 4.69) is 70.5 Å². The quantitative estimate of drug-likeness (QED) is 0.684. The van der Waals surface area contributed by atoms with Crippen molar-refractivity contribution in [1.82, 2.24) is 0 Å². The second-order valence-corrected chi connectivity index (χ2v) is 5.44. The number of allylic oxidation sites excluding steroid dienone is 1. The van der Waals surface area contributed by atoms with Crippen LogP contribution in [0.3, 0.4) is 0 Å². The molecule has 2 aromatic rings. The Bertz CT molecular complexity index is 679. The van der Waals surface area contributed by atoms with Gasteiger partial charge in [-0.15, -0.1) is 0 Å². The van der Waals surface area contributed by atoms with E-state index in [9.17, 15) is 0 Å². The molecule has 0 saturated heterocycles. The van der Waals surface area contributed by atoms with Crippen molar-refractivity contribution in [3.63, 3.8) is 0 Å². The van der Waals surface area contributed by atoms with Gasteiger partial charge in [-0.05, 0) is 78.3 Å². The predicted molar refractivity (Wildman–Crippen MR) is 83.1 cm³/mol. The summed E-state index contributed by atoms with van der Waals surface area (Å²) in [5, 5.41) is 0. The summed E-state index contributed by atoms with van der Waals surface area (Å²) in [6.45, 7) is 8.93. The first-order valence-electron chi connectivity index (χ1n) is 6.82. The van der Waals surface area contributed by atoms with E-state index in [1.165, 1.54) is 44.5 Å². The maximum Gasteiger partial charge on any atom is 0.0214 e. The standard InChI is InChI=1S/C19H19.Zr/c1-12-13(2)15(4)19-11-17(10-18(19)14(12)3)16-8-6-5-7-9-16;/h5-11H,1-4H3;. The molecule has 0 amide bonds. The first-order chi connectivity index (χ1) is 9.09. The molecule has 99 valence electrons. The third-order valence-corrected chi connectivity index (χ3v) is 4.49. The van der Waals surface area contributed by atoms with Crippen molar-refractivity contribution in [2.45, 2.75) is 27.7 Å². The molecule has 0 fully saturated rings. The number of benzene rings is 2. The van der Waals surface area contributed by atoms with Crippen LogP contribution < -0.4 is 0 Å². The molecule has 2 aromatic carbocycles. The molecule has 0 unspecified atom stereocenters. The Hall–Kier alpha value is -0.937. The Balaban J connectivity index is 0.00000147. The van der Waals surface area contributed by atoms with Gasteiger partial charge >= 0.3 is 0 Å². The molecule has 0 nitrogen and oxygen atoms in total. The Labute approximate surface area is 141 Å². The molecule has 0 heterocycles. The van der Waals surface area contributed by atoms with Crippen LogP contribution in [-0.4, -0.2) is 0 Å². The molecule has 0 N–H and O–H groups in total. The molecule has 1 heteroatoms. The van der Waals surface area contributed by atoms with Crippen LogP contribution in [0.2, 0.25) is 0 Å². The van der Waals surface area contributed by atoms with Gasteiger partial charge in [-0.2, -0.15) is 0 Å². The van der Waals surface area contributed by atoms with Gasteiger partial charge in [-0.3, -0.25) is 0 Å². The minimum atomic E-state index is 0. The molecule has 0 aromatic heterocycles. The van der Waals surface area contributed by atoms with Crippen molar-refractivity contribution in [3.05, 3.63) is 75.7 Å². The van der Waals surface area contributed by atoms with Gasteiger partial charge in [0.05, 0.1) is 0 Å². The van der Waals surface area contributed by atoms with E-state index in [0.717, 1.165) is 0 Å². The van der Waals surface area contributed by atoms with Crippen molar-refractivity contribution in [1.29, 1.82) is 0 Å². The fraction of sp³-hybridized carbons (Fsp3) is 0.211. The maximum absolute atomic E-state index is 2.33. The van der Waals surface area contributed by atoms with E-state index in [1.807, 2.05) is 0 Å². The van der Waals surface area contributed by atoms with Gasteiger partial charge in [0, 0.05) is 32.6 Å². The monoisotopic (exact) mass is 337 g/mol. The Morgan fingerprint density at radius 1 is 0.650 bits per heavy atom. The molecule has 1 aliphatic rings. The van der Waals surface area contributed by atoms with Crippen LogP contribution in [0.4, 0.5) is 0 Å². The minimum absolute atomic E-state index is 0. The average molecular weight is 339 g/mol. The molecule has 1 radical (unpaired) electrons. The molecule has 0 aliphatic heterocycles. The van der Waals surface area contributed by atoms with Crippen LogP contribution in [0.15, 0.2) is 30.3 Å². The van der Waals surface area contributed by atoms with Gasteiger partial charge < -0.3 is 0 Å². The zero-order chi connectivity index (χ0) is 13.6. The van der Waals surface area contributed by atoms with Crippen molar-refractivity contribution in [2.75, 3.05) is 0 Å². The molecular weight excluding hydrogens is 319 g/mol. The molecule has 0 saturated carbocycles. The van der Waals surface area contributed by atoms with E-state index >= 15 is 0 Å². The average Bonchev–Trinajstić information content (AvgIpc) is 2.89. The largest absolute Gasteiger partial charge is 0.0622 e. The van der Waals surface area contributed by atoms with Gasteiger partial charge in [-0.25, -0.2) is 0 Å². The van der Waals surface area contributed by atoms with Crippen LogP contribution in [0, 0.1) is 34.1 Å². The van der Waals surface area contributed by atoms with Crippen molar-refractivity contribution < 1.29 is 26.2 Å². The third-order valence-electron chi connectivity index (χ3n) is 4.49. The van der Waals surface area contributed by atoms with Crippen LogP contribution >= 0.6 is 0 Å². The summed E-state index contributed by atoms with van der Waals surface area (Å²) in [5.41, 5.74) is 11.1. The van der Waals surface area contributed by atoms with Gasteiger partial charge in [0.15, 0.2) is 0 Å². The van der Waals surface area contributed by atoms with Gasteiger partial charge in [0.25, 0.3) is 0 Å². The predicted octanol–water partition coefficient (Wildman–Crippen LogP) is 5.02. The fourth-order valence-electron chi connectivity index (χ4n) is 2.89. The molecular formula is C19H19Zr. The zero-order valence-corrected chi connectivity index (χ0v) is 15.0. The Morgan fingerprint density at radius 3 is 1.80 bits per heavy atom. The summed E-state index contributed by atoms with van der Waals surface area (Å²) in [7, 11) is 0. The van der Waals surface area contributed by atoms with Crippen LogP contribution in [0.5, 0.6) is 0 Å². The number of rotatable bonds is 1. The number of fused-ring (bicyclic) bond motifs is 1. The summed E-state index contributed by atoms with van der Waals surface area (Å²) < 4.78 is 0.